The fourth-order valence-electron chi connectivity index (χ4n) is 3.48. The number of dihydropyridines is 1. The van der Waals surface area contributed by atoms with Gasteiger partial charge in [0.25, 0.3) is 5.69 Å². The molecule has 1 heterocycles. The monoisotopic (exact) mass is 464 g/mol. The number of halogens is 1. The molecule has 0 aromatic heterocycles. The van der Waals surface area contributed by atoms with Gasteiger partial charge in [0.15, 0.2) is 0 Å². The van der Waals surface area contributed by atoms with E-state index in [4.69, 9.17) is 14.2 Å². The molecule has 1 N–H and O–H groups in total. The largest absolute Gasteiger partial charge is 0.469 e. The lowest BCUT2D eigenvalue weighted by Gasteiger charge is -2.31. The third kappa shape index (κ3) is 5.18. The predicted octanol–water partition coefficient (Wildman–Crippen LogP) is 2.88. The standard InChI is InChI=1S/C22H25FN2O8/c1-11-16(19(26)31-5)18(14-9-13(25(29)30)7-8-15(14)23)17(12(2)24-11)20(27)33-10-22(3,4)21(28)32-6/h7-9,18,24H,10H2,1-6H3. The van der Waals surface area contributed by atoms with Gasteiger partial charge in [0.1, 0.15) is 12.4 Å². The minimum atomic E-state index is -1.35. The number of nitro benzene ring substituents is 1. The number of non-ortho nitro benzene ring substituents is 1. The van der Waals surface area contributed by atoms with Gasteiger partial charge in [-0.3, -0.25) is 14.9 Å². The number of nitrogens with one attached hydrogen (secondary N) is 1. The van der Waals surface area contributed by atoms with Crippen LogP contribution in [0, 0.1) is 21.3 Å². The highest BCUT2D eigenvalue weighted by molar-refractivity contribution is 6.00. The summed E-state index contributed by atoms with van der Waals surface area (Å²) in [7, 11) is 2.31. The van der Waals surface area contributed by atoms with Gasteiger partial charge in [-0.05, 0) is 33.8 Å². The lowest BCUT2D eigenvalue weighted by Crippen LogP contribution is -2.35. The van der Waals surface area contributed by atoms with Crippen molar-refractivity contribution in [1.82, 2.24) is 5.32 Å². The third-order valence-electron chi connectivity index (χ3n) is 5.19. The van der Waals surface area contributed by atoms with E-state index in [0.717, 1.165) is 25.3 Å². The van der Waals surface area contributed by atoms with Crippen molar-refractivity contribution >= 4 is 23.6 Å². The lowest BCUT2D eigenvalue weighted by atomic mass is 9.80. The van der Waals surface area contributed by atoms with Crippen LogP contribution >= 0.6 is 0 Å². The Morgan fingerprint density at radius 2 is 1.67 bits per heavy atom. The molecule has 1 unspecified atom stereocenters. The van der Waals surface area contributed by atoms with Crippen molar-refractivity contribution in [1.29, 1.82) is 0 Å². The molecule has 0 saturated heterocycles. The van der Waals surface area contributed by atoms with Crippen LogP contribution in [-0.4, -0.2) is 43.7 Å². The van der Waals surface area contributed by atoms with Crippen molar-refractivity contribution in [3.8, 4) is 0 Å². The molecule has 0 fully saturated rings. The van der Waals surface area contributed by atoms with Crippen LogP contribution < -0.4 is 5.32 Å². The number of benzene rings is 1. The van der Waals surface area contributed by atoms with Crippen LogP contribution in [-0.2, 0) is 28.6 Å². The molecule has 0 saturated carbocycles. The van der Waals surface area contributed by atoms with Crippen LogP contribution in [0.3, 0.4) is 0 Å². The Morgan fingerprint density at radius 1 is 1.09 bits per heavy atom. The maximum Gasteiger partial charge on any atom is 0.336 e. The molecule has 0 spiro atoms. The summed E-state index contributed by atoms with van der Waals surface area (Å²) < 4.78 is 29.8. The smallest absolute Gasteiger partial charge is 0.336 e. The SMILES string of the molecule is COC(=O)C1=C(C)NC(C)=C(C(=O)OCC(C)(C)C(=O)OC)C1c1cc([N+](=O)[O-])ccc1F. The number of nitro groups is 1. The molecule has 0 amide bonds. The number of ether oxygens (including phenoxy) is 3. The first kappa shape index (κ1) is 25.5. The van der Waals surface area contributed by atoms with E-state index in [1.807, 2.05) is 0 Å². The molecule has 0 bridgehead atoms. The number of hydrogen-bond acceptors (Lipinski definition) is 9. The second-order valence-corrected chi connectivity index (χ2v) is 8.04. The first-order valence-corrected chi connectivity index (χ1v) is 9.82. The minimum absolute atomic E-state index is 0.110. The van der Waals surface area contributed by atoms with Crippen LogP contribution in [0.4, 0.5) is 10.1 Å². The maximum atomic E-state index is 14.9. The molecule has 1 aliphatic heterocycles. The van der Waals surface area contributed by atoms with E-state index in [0.29, 0.717) is 0 Å². The Morgan fingerprint density at radius 3 is 2.18 bits per heavy atom. The van der Waals surface area contributed by atoms with Crippen molar-refractivity contribution in [2.75, 3.05) is 20.8 Å². The summed E-state index contributed by atoms with van der Waals surface area (Å²) >= 11 is 0. The second-order valence-electron chi connectivity index (χ2n) is 8.04. The Bertz CT molecular complexity index is 1070. The molecule has 1 aromatic carbocycles. The van der Waals surface area contributed by atoms with E-state index in [1.54, 1.807) is 0 Å². The van der Waals surface area contributed by atoms with Gasteiger partial charge in [-0.2, -0.15) is 0 Å². The van der Waals surface area contributed by atoms with Crippen LogP contribution in [0.2, 0.25) is 0 Å². The van der Waals surface area contributed by atoms with Crippen molar-refractivity contribution in [2.24, 2.45) is 5.41 Å². The number of nitrogens with zero attached hydrogens (tertiary/aromatic N) is 1. The summed E-state index contributed by atoms with van der Waals surface area (Å²) in [6.45, 7) is 5.69. The molecular formula is C22H25FN2O8. The second kappa shape index (κ2) is 9.80. The number of methoxy groups -OCH3 is 2. The van der Waals surface area contributed by atoms with Crippen molar-refractivity contribution < 1.29 is 37.9 Å². The summed E-state index contributed by atoms with van der Waals surface area (Å²) in [5.41, 5.74) is -1.61. The lowest BCUT2D eigenvalue weighted by molar-refractivity contribution is -0.385. The number of carbonyl (C=O) groups excluding carboxylic acids is 3. The highest BCUT2D eigenvalue weighted by Gasteiger charge is 2.40. The highest BCUT2D eigenvalue weighted by atomic mass is 19.1. The van der Waals surface area contributed by atoms with E-state index in [1.165, 1.54) is 34.8 Å². The zero-order valence-electron chi connectivity index (χ0n) is 19.1. The number of hydrogen-bond donors (Lipinski definition) is 1. The Hall–Kier alpha value is -3.76. The van der Waals surface area contributed by atoms with Crippen LogP contribution in [0.25, 0.3) is 0 Å². The van der Waals surface area contributed by atoms with Gasteiger partial charge < -0.3 is 19.5 Å². The molecule has 0 radical (unpaired) electrons. The van der Waals surface area contributed by atoms with Gasteiger partial charge in [-0.1, -0.05) is 0 Å². The van der Waals surface area contributed by atoms with Crippen LogP contribution in [0.1, 0.15) is 39.2 Å². The number of carbonyl (C=O) groups is 3. The topological polar surface area (TPSA) is 134 Å². The number of allylic oxidation sites excluding steroid dienone is 2. The van der Waals surface area contributed by atoms with Crippen LogP contribution in [0.15, 0.2) is 40.7 Å². The normalized spacial score (nSPS) is 16.2. The Balaban J connectivity index is 2.63. The summed E-state index contributed by atoms with van der Waals surface area (Å²) in [5.74, 6) is -4.64. The molecule has 33 heavy (non-hydrogen) atoms. The first-order chi connectivity index (χ1) is 15.3. The summed E-state index contributed by atoms with van der Waals surface area (Å²) in [6.07, 6.45) is 0. The Labute approximate surface area is 189 Å². The molecule has 178 valence electrons. The predicted molar refractivity (Wildman–Crippen MR) is 113 cm³/mol. The molecule has 0 aliphatic carbocycles. The van der Waals surface area contributed by atoms with Gasteiger partial charge in [0.2, 0.25) is 0 Å². The van der Waals surface area contributed by atoms with Gasteiger partial charge in [-0.15, -0.1) is 0 Å². The molecule has 1 aromatic rings. The number of esters is 3. The first-order valence-electron chi connectivity index (χ1n) is 9.82. The zero-order valence-corrected chi connectivity index (χ0v) is 19.1. The van der Waals surface area contributed by atoms with E-state index >= 15 is 0 Å². The number of rotatable bonds is 7. The molecule has 1 aliphatic rings. The fraction of sp³-hybridized carbons (Fsp3) is 0.409. The fourth-order valence-corrected chi connectivity index (χ4v) is 3.48. The van der Waals surface area contributed by atoms with Crippen molar-refractivity contribution in [2.45, 2.75) is 33.6 Å². The van der Waals surface area contributed by atoms with E-state index in [2.05, 4.69) is 5.32 Å². The van der Waals surface area contributed by atoms with E-state index in [9.17, 15) is 28.9 Å². The van der Waals surface area contributed by atoms with Crippen LogP contribution in [0.5, 0.6) is 0 Å². The zero-order chi connectivity index (χ0) is 25.1. The van der Waals surface area contributed by atoms with Crippen molar-refractivity contribution in [3.63, 3.8) is 0 Å². The molecule has 11 heteroatoms. The highest BCUT2D eigenvalue weighted by Crippen LogP contribution is 2.41. The van der Waals surface area contributed by atoms with Crippen molar-refractivity contribution in [3.05, 3.63) is 62.2 Å². The molecule has 1 atom stereocenters. The van der Waals surface area contributed by atoms with Gasteiger partial charge in [0, 0.05) is 29.1 Å². The van der Waals surface area contributed by atoms with Gasteiger partial charge >= 0.3 is 17.9 Å². The molecular weight excluding hydrogens is 439 g/mol. The summed E-state index contributed by atoms with van der Waals surface area (Å²) in [4.78, 5) is 48.2. The van der Waals surface area contributed by atoms with E-state index < -0.39 is 45.7 Å². The average Bonchev–Trinajstić information content (AvgIpc) is 2.76. The Kier molecular flexibility index (Phi) is 7.57. The third-order valence-corrected chi connectivity index (χ3v) is 5.19. The van der Waals surface area contributed by atoms with Gasteiger partial charge in [0.05, 0.1) is 41.6 Å². The van der Waals surface area contributed by atoms with E-state index in [-0.39, 0.29) is 34.7 Å². The minimum Gasteiger partial charge on any atom is -0.469 e. The maximum absolute atomic E-state index is 14.9. The molecule has 2 rings (SSSR count). The van der Waals surface area contributed by atoms with Gasteiger partial charge in [-0.25, -0.2) is 14.0 Å². The quantitative estimate of drug-likeness (QED) is 0.280. The summed E-state index contributed by atoms with van der Waals surface area (Å²) in [5, 5.41) is 14.2. The summed E-state index contributed by atoms with van der Waals surface area (Å²) in [6, 6.07) is 2.82. The average molecular weight is 464 g/mol. The molecule has 10 nitrogen and oxygen atoms in total.